The van der Waals surface area contributed by atoms with Crippen LogP contribution >= 0.6 is 0 Å². The molecular weight excluding hydrogens is 469 g/mol. The number of hydrogen-bond acceptors (Lipinski definition) is 4. The SMILES string of the molecule is [CH2]CCCCCCCCCC[Si](C)(C)O[Si](C)(C)O[Si](C)(C)O[Si](C)(C)O[Si](C)(C)C. The molecule has 0 aliphatic rings. The molecule has 187 valence electrons. The highest BCUT2D eigenvalue weighted by Gasteiger charge is 2.44. The van der Waals surface area contributed by atoms with E-state index >= 15 is 0 Å². The highest BCUT2D eigenvalue weighted by molar-refractivity contribution is 6.90. The van der Waals surface area contributed by atoms with Gasteiger partial charge in [0.25, 0.3) is 0 Å². The highest BCUT2D eigenvalue weighted by Crippen LogP contribution is 2.28. The zero-order valence-corrected chi connectivity index (χ0v) is 27.9. The molecule has 0 heterocycles. The van der Waals surface area contributed by atoms with E-state index in [1.807, 2.05) is 0 Å². The molecule has 0 unspecified atom stereocenters. The van der Waals surface area contributed by atoms with Crippen molar-refractivity contribution < 1.29 is 16.5 Å². The summed E-state index contributed by atoms with van der Waals surface area (Å²) in [5.41, 5.74) is 0. The summed E-state index contributed by atoms with van der Waals surface area (Å²) in [7, 11) is -10.2. The third-order valence-electron chi connectivity index (χ3n) is 4.84. The Morgan fingerprint density at radius 3 is 1.23 bits per heavy atom. The Balaban J connectivity index is 4.44. The van der Waals surface area contributed by atoms with Crippen LogP contribution in [-0.2, 0) is 16.5 Å². The molecule has 4 nitrogen and oxygen atoms in total. The minimum absolute atomic E-state index is 1.08. The van der Waals surface area contributed by atoms with Crippen molar-refractivity contribution in [1.29, 1.82) is 0 Å². The second kappa shape index (κ2) is 13.7. The lowest BCUT2D eigenvalue weighted by atomic mass is 10.1. The largest absolute Gasteiger partial charge is 0.437 e. The summed E-state index contributed by atoms with van der Waals surface area (Å²) >= 11 is 0. The lowest BCUT2D eigenvalue weighted by Gasteiger charge is -2.42. The zero-order valence-electron chi connectivity index (χ0n) is 22.9. The first-order chi connectivity index (χ1) is 13.9. The minimum Gasteiger partial charge on any atom is -0.437 e. The molecule has 0 amide bonds. The van der Waals surface area contributed by atoms with Crippen molar-refractivity contribution in [3.8, 4) is 0 Å². The molecule has 0 N–H and O–H groups in total. The van der Waals surface area contributed by atoms with Crippen LogP contribution in [-0.4, -0.2) is 42.3 Å². The Labute approximate surface area is 201 Å². The topological polar surface area (TPSA) is 36.9 Å². The molecule has 0 bridgehead atoms. The fourth-order valence-corrected chi connectivity index (χ4v) is 28.3. The first-order valence-corrected chi connectivity index (χ1v) is 27.5. The average Bonchev–Trinajstić information content (AvgIpc) is 2.46. The van der Waals surface area contributed by atoms with Gasteiger partial charge in [0.05, 0.1) is 0 Å². The Hall–Kier alpha value is 0.924. The van der Waals surface area contributed by atoms with Gasteiger partial charge in [-0.15, -0.1) is 0 Å². The van der Waals surface area contributed by atoms with Gasteiger partial charge in [-0.2, -0.15) is 0 Å². The predicted molar refractivity (Wildman–Crippen MR) is 149 cm³/mol. The summed E-state index contributed by atoms with van der Waals surface area (Å²) in [6.07, 6.45) is 11.8. The molecule has 0 atom stereocenters. The van der Waals surface area contributed by atoms with Gasteiger partial charge in [0.1, 0.15) is 0 Å². The second-order valence-electron chi connectivity index (χ2n) is 11.9. The predicted octanol–water partition coefficient (Wildman–Crippen LogP) is 8.54. The van der Waals surface area contributed by atoms with Crippen molar-refractivity contribution in [2.75, 3.05) is 0 Å². The number of unbranched alkanes of at least 4 members (excludes halogenated alkanes) is 8. The maximum absolute atomic E-state index is 6.74. The zero-order chi connectivity index (χ0) is 24.4. The summed E-state index contributed by atoms with van der Waals surface area (Å²) in [5.74, 6) is 0. The van der Waals surface area contributed by atoms with Crippen LogP contribution in [0.1, 0.15) is 57.8 Å². The van der Waals surface area contributed by atoms with Gasteiger partial charge in [-0.3, -0.25) is 0 Å². The third kappa shape index (κ3) is 19.0. The van der Waals surface area contributed by atoms with Crippen molar-refractivity contribution in [2.24, 2.45) is 0 Å². The maximum atomic E-state index is 6.74. The maximum Gasteiger partial charge on any atom is 0.314 e. The molecule has 0 aromatic carbocycles. The Bertz CT molecular complexity index is 491. The van der Waals surface area contributed by atoms with Crippen LogP contribution in [0, 0.1) is 6.92 Å². The van der Waals surface area contributed by atoms with Crippen LogP contribution in [0.15, 0.2) is 0 Å². The molecule has 0 saturated heterocycles. The lowest BCUT2D eigenvalue weighted by molar-refractivity contribution is 0.299. The van der Waals surface area contributed by atoms with Crippen molar-refractivity contribution >= 4 is 42.3 Å². The lowest BCUT2D eigenvalue weighted by Crippen LogP contribution is -2.58. The third-order valence-corrected chi connectivity index (χ3v) is 22.9. The van der Waals surface area contributed by atoms with E-state index in [1.54, 1.807) is 0 Å². The van der Waals surface area contributed by atoms with Crippen molar-refractivity contribution in [3.05, 3.63) is 6.92 Å². The summed E-state index contributed by atoms with van der Waals surface area (Å²) < 4.78 is 26.3. The molecule has 1 radical (unpaired) electrons. The molecule has 0 fully saturated rings. The van der Waals surface area contributed by atoms with Gasteiger partial charge in [-0.05, 0) is 78.1 Å². The molecule has 0 aromatic heterocycles. The van der Waals surface area contributed by atoms with Gasteiger partial charge in [-0.1, -0.05) is 64.7 Å². The molecule has 0 rings (SSSR count). The Kier molecular flexibility index (Phi) is 14.1. The van der Waals surface area contributed by atoms with Gasteiger partial charge in [0, 0.05) is 0 Å². The number of hydrogen-bond donors (Lipinski definition) is 0. The second-order valence-corrected chi connectivity index (χ2v) is 31.8. The van der Waals surface area contributed by atoms with Gasteiger partial charge < -0.3 is 16.5 Å². The molecule has 31 heavy (non-hydrogen) atoms. The summed E-state index contributed by atoms with van der Waals surface area (Å²) in [6.45, 7) is 28.3. The van der Waals surface area contributed by atoms with E-state index in [1.165, 1.54) is 57.4 Å². The van der Waals surface area contributed by atoms with E-state index < -0.39 is 42.3 Å². The molecule has 0 saturated carbocycles. The molecular formula is C22H55O4Si5. The van der Waals surface area contributed by atoms with Crippen LogP contribution in [0.2, 0.25) is 78.1 Å². The summed E-state index contributed by atoms with van der Waals surface area (Å²) in [4.78, 5) is 0. The minimum atomic E-state index is -2.32. The first-order valence-electron chi connectivity index (χ1n) is 12.5. The van der Waals surface area contributed by atoms with E-state index in [0.717, 1.165) is 6.42 Å². The highest BCUT2D eigenvalue weighted by atomic mass is 28.5. The van der Waals surface area contributed by atoms with Crippen molar-refractivity contribution in [1.82, 2.24) is 0 Å². The molecule has 9 heteroatoms. The molecule has 0 aliphatic carbocycles. The Morgan fingerprint density at radius 2 is 0.806 bits per heavy atom. The molecule has 0 spiro atoms. The normalized spacial score (nSPS) is 14.3. The van der Waals surface area contributed by atoms with E-state index in [-0.39, 0.29) is 0 Å². The quantitative estimate of drug-likeness (QED) is 0.133. The summed E-state index contributed by atoms with van der Waals surface area (Å²) in [6, 6.07) is 1.22. The van der Waals surface area contributed by atoms with E-state index in [4.69, 9.17) is 16.5 Å². The van der Waals surface area contributed by atoms with Crippen LogP contribution in [0.4, 0.5) is 0 Å². The van der Waals surface area contributed by atoms with E-state index in [9.17, 15) is 0 Å². The smallest absolute Gasteiger partial charge is 0.314 e. The summed E-state index contributed by atoms with van der Waals surface area (Å²) in [5, 5.41) is 0. The van der Waals surface area contributed by atoms with Gasteiger partial charge in [0.2, 0.25) is 0 Å². The fraction of sp³-hybridized carbons (Fsp3) is 0.955. The van der Waals surface area contributed by atoms with Crippen molar-refractivity contribution in [2.45, 2.75) is 136 Å². The van der Waals surface area contributed by atoms with E-state index in [2.05, 4.69) is 78.9 Å². The monoisotopic (exact) mass is 523 g/mol. The van der Waals surface area contributed by atoms with Gasteiger partial charge >= 0.3 is 25.7 Å². The van der Waals surface area contributed by atoms with Crippen LogP contribution in [0.3, 0.4) is 0 Å². The Morgan fingerprint density at radius 1 is 0.452 bits per heavy atom. The van der Waals surface area contributed by atoms with Crippen LogP contribution in [0.25, 0.3) is 0 Å². The van der Waals surface area contributed by atoms with Crippen LogP contribution in [0.5, 0.6) is 0 Å². The number of rotatable bonds is 18. The van der Waals surface area contributed by atoms with Gasteiger partial charge in [0.15, 0.2) is 16.6 Å². The first kappa shape index (κ1) is 31.9. The van der Waals surface area contributed by atoms with Crippen LogP contribution < -0.4 is 0 Å². The molecule has 0 aliphatic heterocycles. The van der Waals surface area contributed by atoms with Crippen molar-refractivity contribution in [3.63, 3.8) is 0 Å². The van der Waals surface area contributed by atoms with Gasteiger partial charge in [-0.25, -0.2) is 0 Å². The van der Waals surface area contributed by atoms with E-state index in [0.29, 0.717) is 0 Å². The standard InChI is InChI=1S/C22H55O4Si5/c1-13-14-15-16-17-18-19-20-21-22-28(5,6)24-30(9,10)26-31(11,12)25-29(7,8)23-27(2,3)4/h1,13-22H2,2-12H3. The average molecular weight is 524 g/mol. The fourth-order valence-electron chi connectivity index (χ4n) is 4.49. The molecule has 0 aromatic rings.